The quantitative estimate of drug-likeness (QED) is 0.382. The van der Waals surface area contributed by atoms with Crippen molar-refractivity contribution < 1.29 is 29.2 Å². The van der Waals surface area contributed by atoms with E-state index in [4.69, 9.17) is 14.2 Å². The Bertz CT molecular complexity index is 1050. The van der Waals surface area contributed by atoms with Gasteiger partial charge in [0.2, 0.25) is 0 Å². The molecule has 1 atom stereocenters. The lowest BCUT2D eigenvalue weighted by Crippen LogP contribution is -2.38. The summed E-state index contributed by atoms with van der Waals surface area (Å²) in [5.74, 6) is 0.773. The van der Waals surface area contributed by atoms with Gasteiger partial charge in [0.1, 0.15) is 0 Å². The molecule has 2 N–H and O–H groups in total. The molecule has 0 saturated heterocycles. The number of ether oxygens (including phenoxy) is 3. The van der Waals surface area contributed by atoms with E-state index >= 15 is 0 Å². The molecule has 0 amide bonds. The van der Waals surface area contributed by atoms with Gasteiger partial charge in [-0.15, -0.1) is 0 Å². The van der Waals surface area contributed by atoms with Gasteiger partial charge in [-0.3, -0.25) is 0 Å². The minimum atomic E-state index is -1.51. The van der Waals surface area contributed by atoms with Crippen molar-refractivity contribution in [3.63, 3.8) is 0 Å². The third-order valence-electron chi connectivity index (χ3n) is 6.24. The molecule has 0 aromatic heterocycles. The SMILES string of the molecule is COc1ccc(CCN(C)CCCC(C#N)(C(=O)OC(C)C)c2ccc(CO)c(CO)c2)cc1OC. The molecule has 2 aromatic rings. The fraction of sp³-hybridized carbons (Fsp3) is 0.500. The number of aliphatic hydroxyl groups excluding tert-OH is 2. The van der Waals surface area contributed by atoms with Crippen LogP contribution in [0.3, 0.4) is 0 Å². The Labute approximate surface area is 214 Å². The lowest BCUT2D eigenvalue weighted by atomic mass is 9.77. The van der Waals surface area contributed by atoms with E-state index < -0.39 is 11.4 Å². The van der Waals surface area contributed by atoms with Gasteiger partial charge in [-0.25, -0.2) is 4.79 Å². The van der Waals surface area contributed by atoms with Crippen molar-refractivity contribution in [2.75, 3.05) is 34.4 Å². The number of nitrogens with zero attached hydrogens (tertiary/aromatic N) is 2. The van der Waals surface area contributed by atoms with Crippen molar-refractivity contribution in [3.8, 4) is 17.6 Å². The Balaban J connectivity index is 2.13. The highest BCUT2D eigenvalue weighted by Crippen LogP contribution is 2.33. The number of hydrogen-bond acceptors (Lipinski definition) is 8. The van der Waals surface area contributed by atoms with E-state index in [0.717, 1.165) is 18.5 Å². The number of likely N-dealkylation sites (N-methyl/N-ethyl adjacent to an activating group) is 1. The number of nitriles is 1. The predicted octanol–water partition coefficient (Wildman–Crippen LogP) is 3.36. The van der Waals surface area contributed by atoms with Crippen molar-refractivity contribution >= 4 is 5.97 Å². The van der Waals surface area contributed by atoms with E-state index in [1.807, 2.05) is 25.2 Å². The number of rotatable bonds is 14. The summed E-state index contributed by atoms with van der Waals surface area (Å²) in [6.45, 7) is 4.41. The summed E-state index contributed by atoms with van der Waals surface area (Å²) in [7, 11) is 5.22. The van der Waals surface area contributed by atoms with E-state index in [9.17, 15) is 20.3 Å². The molecule has 0 aliphatic rings. The Kier molecular flexibility index (Phi) is 11.2. The molecule has 8 nitrogen and oxygen atoms in total. The van der Waals surface area contributed by atoms with Crippen LogP contribution in [0.1, 0.15) is 48.9 Å². The molecule has 8 heteroatoms. The van der Waals surface area contributed by atoms with Gasteiger partial charge in [0, 0.05) is 6.54 Å². The summed E-state index contributed by atoms with van der Waals surface area (Å²) in [4.78, 5) is 15.3. The second-order valence-corrected chi connectivity index (χ2v) is 9.12. The first-order valence-electron chi connectivity index (χ1n) is 12.1. The van der Waals surface area contributed by atoms with Gasteiger partial charge >= 0.3 is 5.97 Å². The Morgan fingerprint density at radius 3 is 2.31 bits per heavy atom. The van der Waals surface area contributed by atoms with E-state index in [-0.39, 0.29) is 25.7 Å². The predicted molar refractivity (Wildman–Crippen MR) is 137 cm³/mol. The van der Waals surface area contributed by atoms with Crippen LogP contribution >= 0.6 is 0 Å². The van der Waals surface area contributed by atoms with Gasteiger partial charge in [0.25, 0.3) is 0 Å². The van der Waals surface area contributed by atoms with Crippen molar-refractivity contribution in [3.05, 3.63) is 58.7 Å². The normalized spacial score (nSPS) is 12.8. The number of esters is 1. The molecule has 0 radical (unpaired) electrons. The zero-order valence-electron chi connectivity index (χ0n) is 21.9. The molecule has 2 aromatic carbocycles. The molecule has 0 bridgehead atoms. The second kappa shape index (κ2) is 13.8. The highest BCUT2D eigenvalue weighted by Gasteiger charge is 2.42. The maximum Gasteiger partial charge on any atom is 0.331 e. The lowest BCUT2D eigenvalue weighted by molar-refractivity contribution is -0.152. The van der Waals surface area contributed by atoms with E-state index in [1.54, 1.807) is 46.3 Å². The molecular formula is C28H38N2O6. The topological polar surface area (TPSA) is 112 Å². The third kappa shape index (κ3) is 7.20. The Morgan fingerprint density at radius 1 is 1.03 bits per heavy atom. The minimum Gasteiger partial charge on any atom is -0.493 e. The summed E-state index contributed by atoms with van der Waals surface area (Å²) in [6, 6.07) is 13.0. The van der Waals surface area contributed by atoms with Crippen LogP contribution in [-0.4, -0.2) is 61.5 Å². The van der Waals surface area contributed by atoms with Gasteiger partial charge in [-0.05, 0) is 81.1 Å². The number of carbonyl (C=O) groups excluding carboxylic acids is 1. The van der Waals surface area contributed by atoms with Gasteiger partial charge in [0.15, 0.2) is 16.9 Å². The zero-order valence-corrected chi connectivity index (χ0v) is 21.9. The first kappa shape index (κ1) is 29.1. The molecule has 0 spiro atoms. The van der Waals surface area contributed by atoms with Gasteiger partial charge in [-0.1, -0.05) is 24.3 Å². The number of methoxy groups -OCH3 is 2. The second-order valence-electron chi connectivity index (χ2n) is 9.12. The van der Waals surface area contributed by atoms with Crippen LogP contribution in [0.25, 0.3) is 0 Å². The average molecular weight is 499 g/mol. The molecule has 0 aliphatic carbocycles. The van der Waals surface area contributed by atoms with Crippen molar-refractivity contribution in [1.82, 2.24) is 4.90 Å². The monoisotopic (exact) mass is 498 g/mol. The van der Waals surface area contributed by atoms with Crippen LogP contribution in [-0.2, 0) is 34.6 Å². The standard InChI is InChI=1S/C28H38N2O6/c1-20(2)36-27(33)28(19-29,24-9-8-22(17-31)23(16-24)18-32)12-6-13-30(3)14-11-21-7-10-25(34-4)26(15-21)35-5/h7-10,15-16,20,31-32H,6,11-14,17-18H2,1-5H3. The van der Waals surface area contributed by atoms with Gasteiger partial charge in [-0.2, -0.15) is 5.26 Å². The molecule has 2 rings (SSSR count). The summed E-state index contributed by atoms with van der Waals surface area (Å²) >= 11 is 0. The van der Waals surface area contributed by atoms with Crippen molar-refractivity contribution in [2.24, 2.45) is 0 Å². The average Bonchev–Trinajstić information content (AvgIpc) is 2.88. The molecule has 36 heavy (non-hydrogen) atoms. The molecule has 1 unspecified atom stereocenters. The summed E-state index contributed by atoms with van der Waals surface area (Å²) in [6.07, 6.45) is 1.28. The molecule has 0 fully saturated rings. The number of carbonyl (C=O) groups is 1. The van der Waals surface area contributed by atoms with E-state index in [1.165, 1.54) is 0 Å². The van der Waals surface area contributed by atoms with Gasteiger partial charge in [0.05, 0.1) is 39.6 Å². The number of aliphatic hydroxyl groups is 2. The first-order chi connectivity index (χ1) is 17.2. The third-order valence-corrected chi connectivity index (χ3v) is 6.24. The molecule has 0 aliphatic heterocycles. The zero-order chi connectivity index (χ0) is 26.7. The van der Waals surface area contributed by atoms with Crippen LogP contribution < -0.4 is 9.47 Å². The highest BCUT2D eigenvalue weighted by molar-refractivity contribution is 5.87. The maximum atomic E-state index is 13.2. The van der Waals surface area contributed by atoms with Crippen LogP contribution in [0.2, 0.25) is 0 Å². The smallest absolute Gasteiger partial charge is 0.331 e. The first-order valence-corrected chi connectivity index (χ1v) is 12.1. The lowest BCUT2D eigenvalue weighted by Gasteiger charge is -2.28. The van der Waals surface area contributed by atoms with E-state index in [0.29, 0.717) is 41.2 Å². The summed E-state index contributed by atoms with van der Waals surface area (Å²) < 4.78 is 16.2. The Morgan fingerprint density at radius 2 is 1.72 bits per heavy atom. The van der Waals surface area contributed by atoms with Crippen LogP contribution in [0.4, 0.5) is 0 Å². The maximum absolute atomic E-state index is 13.2. The Hall–Kier alpha value is -3.12. The number of benzene rings is 2. The highest BCUT2D eigenvalue weighted by atomic mass is 16.5. The summed E-state index contributed by atoms with van der Waals surface area (Å²) in [5, 5.41) is 29.5. The minimum absolute atomic E-state index is 0.239. The fourth-order valence-electron chi connectivity index (χ4n) is 4.12. The van der Waals surface area contributed by atoms with Crippen LogP contribution in [0.15, 0.2) is 36.4 Å². The van der Waals surface area contributed by atoms with Gasteiger partial charge < -0.3 is 29.3 Å². The number of hydrogen-bond donors (Lipinski definition) is 2. The molecule has 0 heterocycles. The van der Waals surface area contributed by atoms with E-state index in [2.05, 4.69) is 11.0 Å². The fourth-order valence-corrected chi connectivity index (χ4v) is 4.12. The summed E-state index contributed by atoms with van der Waals surface area (Å²) in [5.41, 5.74) is 1.11. The molecular weight excluding hydrogens is 460 g/mol. The van der Waals surface area contributed by atoms with Crippen molar-refractivity contribution in [1.29, 1.82) is 5.26 Å². The van der Waals surface area contributed by atoms with Crippen LogP contribution in [0, 0.1) is 11.3 Å². The largest absolute Gasteiger partial charge is 0.493 e. The van der Waals surface area contributed by atoms with Crippen LogP contribution in [0.5, 0.6) is 11.5 Å². The molecule has 0 saturated carbocycles. The van der Waals surface area contributed by atoms with Crippen molar-refractivity contribution in [2.45, 2.75) is 57.8 Å². The molecule has 196 valence electrons.